The van der Waals surface area contributed by atoms with Gasteiger partial charge in [0.1, 0.15) is 0 Å². The zero-order valence-electron chi connectivity index (χ0n) is 17.8. The number of thiazole rings is 1. The summed E-state index contributed by atoms with van der Waals surface area (Å²) < 4.78 is 8.48. The highest BCUT2D eigenvalue weighted by Crippen LogP contribution is 2.31. The molecule has 0 bridgehead atoms. The lowest BCUT2D eigenvalue weighted by molar-refractivity contribution is -0.139. The summed E-state index contributed by atoms with van der Waals surface area (Å²) in [7, 11) is 0. The Bertz CT molecular complexity index is 1370. The quantitative estimate of drug-likeness (QED) is 0.366. The fourth-order valence-corrected chi connectivity index (χ4v) is 5.32. The zero-order chi connectivity index (χ0) is 22.8. The van der Waals surface area contributed by atoms with E-state index in [2.05, 4.69) is 20.9 Å². The molecule has 0 fully saturated rings. The van der Waals surface area contributed by atoms with E-state index in [0.29, 0.717) is 20.6 Å². The van der Waals surface area contributed by atoms with Gasteiger partial charge < -0.3 is 4.74 Å². The number of rotatable bonds is 5. The van der Waals surface area contributed by atoms with Gasteiger partial charge in [0.05, 0.1) is 28.5 Å². The first-order chi connectivity index (χ1) is 15.4. The molecule has 8 heteroatoms. The van der Waals surface area contributed by atoms with Gasteiger partial charge in [-0.05, 0) is 61.6 Å². The molecule has 2 aromatic carbocycles. The van der Waals surface area contributed by atoms with Crippen molar-refractivity contribution >= 4 is 51.1 Å². The first-order valence-corrected chi connectivity index (χ1v) is 12.9. The van der Waals surface area contributed by atoms with Gasteiger partial charge in [-0.15, -0.1) is 11.8 Å². The first-order valence-electron chi connectivity index (χ1n) is 10.0. The predicted molar refractivity (Wildman–Crippen MR) is 133 cm³/mol. The minimum absolute atomic E-state index is 0.176. The van der Waals surface area contributed by atoms with Gasteiger partial charge in [0.25, 0.3) is 5.56 Å². The highest BCUT2D eigenvalue weighted by molar-refractivity contribution is 9.10. The summed E-state index contributed by atoms with van der Waals surface area (Å²) >= 11 is 6.39. The van der Waals surface area contributed by atoms with E-state index in [1.807, 2.05) is 60.9 Å². The van der Waals surface area contributed by atoms with Crippen LogP contribution in [0.3, 0.4) is 0 Å². The van der Waals surface area contributed by atoms with Gasteiger partial charge >= 0.3 is 5.97 Å². The Hall–Kier alpha value is -2.42. The molecule has 0 spiro atoms. The molecule has 0 amide bonds. The molecule has 4 rings (SSSR count). The first kappa shape index (κ1) is 22.8. The number of hydrogen-bond acceptors (Lipinski definition) is 6. The number of carbonyl (C=O) groups excluding carboxylic acids is 1. The average Bonchev–Trinajstić information content (AvgIpc) is 3.09. The van der Waals surface area contributed by atoms with Crippen LogP contribution in [-0.2, 0) is 9.53 Å². The van der Waals surface area contributed by atoms with Crippen molar-refractivity contribution in [3.8, 4) is 0 Å². The minimum atomic E-state index is -0.590. The third kappa shape index (κ3) is 4.40. The second-order valence-corrected chi connectivity index (χ2v) is 9.93. The Kier molecular flexibility index (Phi) is 6.83. The summed E-state index contributed by atoms with van der Waals surface area (Å²) in [6, 6.07) is 15.1. The zero-order valence-corrected chi connectivity index (χ0v) is 21.0. The summed E-state index contributed by atoms with van der Waals surface area (Å²) in [6.07, 6.45) is 3.86. The van der Waals surface area contributed by atoms with Gasteiger partial charge in [0.15, 0.2) is 4.80 Å². The number of allylic oxidation sites excluding steroid dienone is 1. The average molecular weight is 529 g/mol. The number of esters is 1. The molecule has 164 valence electrons. The van der Waals surface area contributed by atoms with E-state index >= 15 is 0 Å². The lowest BCUT2D eigenvalue weighted by Crippen LogP contribution is -2.39. The van der Waals surface area contributed by atoms with E-state index < -0.39 is 12.0 Å². The molecule has 1 aromatic heterocycles. The van der Waals surface area contributed by atoms with E-state index in [1.54, 1.807) is 30.2 Å². The Balaban J connectivity index is 1.93. The van der Waals surface area contributed by atoms with Crippen molar-refractivity contribution in [2.24, 2.45) is 4.99 Å². The topological polar surface area (TPSA) is 60.7 Å². The summed E-state index contributed by atoms with van der Waals surface area (Å²) in [6.45, 7) is 3.81. The standard InChI is InChI=1S/C24H21BrN2O3S2/c1-4-30-23(29)20-14(2)26-24-27(21(20)16-7-11-18(31-3)12-8-16)22(28)19(32-24)13-15-5-9-17(25)10-6-15/h5-13,21H,4H2,1-3H3/b19-13-/t21-/m1/s1. The maximum Gasteiger partial charge on any atom is 0.338 e. The number of fused-ring (bicyclic) bond motifs is 1. The van der Waals surface area contributed by atoms with Crippen LogP contribution in [0.5, 0.6) is 0 Å². The summed E-state index contributed by atoms with van der Waals surface area (Å²) in [5.74, 6) is -0.449. The summed E-state index contributed by atoms with van der Waals surface area (Å²) in [5.41, 5.74) is 2.55. The number of benzene rings is 2. The molecule has 0 N–H and O–H groups in total. The van der Waals surface area contributed by atoms with Crippen molar-refractivity contribution in [2.75, 3.05) is 12.9 Å². The molecule has 1 aliphatic heterocycles. The van der Waals surface area contributed by atoms with E-state index in [9.17, 15) is 9.59 Å². The monoisotopic (exact) mass is 528 g/mol. The minimum Gasteiger partial charge on any atom is -0.463 e. The van der Waals surface area contributed by atoms with Crippen LogP contribution in [0.15, 0.2) is 79.0 Å². The third-order valence-electron chi connectivity index (χ3n) is 5.12. The SMILES string of the molecule is CCOC(=O)C1=C(C)N=c2s/c(=C\c3ccc(Br)cc3)c(=O)n2[C@@H]1c1ccc(SC)cc1. The molecule has 0 saturated carbocycles. The third-order valence-corrected chi connectivity index (χ3v) is 7.37. The van der Waals surface area contributed by atoms with Gasteiger partial charge in [-0.3, -0.25) is 9.36 Å². The number of carbonyl (C=O) groups is 1. The van der Waals surface area contributed by atoms with Crippen LogP contribution in [0.25, 0.3) is 6.08 Å². The lowest BCUT2D eigenvalue weighted by Gasteiger charge is -2.24. The van der Waals surface area contributed by atoms with E-state index in [4.69, 9.17) is 4.74 Å². The Morgan fingerprint density at radius 3 is 2.53 bits per heavy atom. The van der Waals surface area contributed by atoms with Crippen molar-refractivity contribution in [1.29, 1.82) is 0 Å². The number of hydrogen-bond donors (Lipinski definition) is 0. The fraction of sp³-hybridized carbons (Fsp3) is 0.208. The van der Waals surface area contributed by atoms with Gasteiger partial charge in [0, 0.05) is 9.37 Å². The number of aromatic nitrogens is 1. The van der Waals surface area contributed by atoms with Crippen molar-refractivity contribution in [3.63, 3.8) is 0 Å². The molecule has 32 heavy (non-hydrogen) atoms. The number of halogens is 1. The van der Waals surface area contributed by atoms with E-state index in [0.717, 1.165) is 20.5 Å². The molecule has 5 nitrogen and oxygen atoms in total. The molecule has 0 unspecified atom stereocenters. The smallest absolute Gasteiger partial charge is 0.338 e. The van der Waals surface area contributed by atoms with Gasteiger partial charge in [0.2, 0.25) is 0 Å². The van der Waals surface area contributed by atoms with Crippen LogP contribution >= 0.6 is 39.0 Å². The Labute approximate surface area is 202 Å². The van der Waals surface area contributed by atoms with Crippen molar-refractivity contribution in [1.82, 2.24) is 4.57 Å². The van der Waals surface area contributed by atoms with Crippen LogP contribution in [0.1, 0.15) is 31.0 Å². The van der Waals surface area contributed by atoms with Crippen molar-refractivity contribution in [2.45, 2.75) is 24.8 Å². The largest absolute Gasteiger partial charge is 0.463 e. The molecule has 0 saturated heterocycles. The second kappa shape index (κ2) is 9.60. The molecule has 0 aliphatic carbocycles. The molecule has 0 radical (unpaired) electrons. The van der Waals surface area contributed by atoms with Crippen LogP contribution in [0.2, 0.25) is 0 Å². The van der Waals surface area contributed by atoms with E-state index in [-0.39, 0.29) is 12.2 Å². The second-order valence-electron chi connectivity index (χ2n) is 7.13. The highest BCUT2D eigenvalue weighted by atomic mass is 79.9. The van der Waals surface area contributed by atoms with E-state index in [1.165, 1.54) is 11.3 Å². The number of thioether (sulfide) groups is 1. The van der Waals surface area contributed by atoms with Gasteiger partial charge in [-0.25, -0.2) is 9.79 Å². The van der Waals surface area contributed by atoms with Crippen LogP contribution in [0, 0.1) is 0 Å². The van der Waals surface area contributed by atoms with Crippen molar-refractivity contribution in [3.05, 3.63) is 95.1 Å². The lowest BCUT2D eigenvalue weighted by atomic mass is 9.96. The Morgan fingerprint density at radius 1 is 1.22 bits per heavy atom. The molecule has 1 aliphatic rings. The molecule has 1 atom stereocenters. The maximum absolute atomic E-state index is 13.5. The number of nitrogens with zero attached hydrogens (tertiary/aromatic N) is 2. The van der Waals surface area contributed by atoms with Crippen molar-refractivity contribution < 1.29 is 9.53 Å². The predicted octanol–water partition coefficient (Wildman–Crippen LogP) is 4.28. The summed E-state index contributed by atoms with van der Waals surface area (Å²) in [4.78, 5) is 32.7. The normalized spacial score (nSPS) is 16.0. The molecular formula is C24H21BrN2O3S2. The van der Waals surface area contributed by atoms with Crippen LogP contribution in [0.4, 0.5) is 0 Å². The molecule has 3 aromatic rings. The fourth-order valence-electron chi connectivity index (χ4n) is 3.60. The summed E-state index contributed by atoms with van der Waals surface area (Å²) in [5, 5.41) is 0. The Morgan fingerprint density at radius 2 is 1.91 bits per heavy atom. The van der Waals surface area contributed by atoms with Gasteiger partial charge in [-0.2, -0.15) is 0 Å². The highest BCUT2D eigenvalue weighted by Gasteiger charge is 2.33. The van der Waals surface area contributed by atoms with Crippen LogP contribution < -0.4 is 14.9 Å². The molecule has 2 heterocycles. The number of ether oxygens (including phenoxy) is 1. The maximum atomic E-state index is 13.5. The van der Waals surface area contributed by atoms with Gasteiger partial charge in [-0.1, -0.05) is 51.5 Å². The molecular weight excluding hydrogens is 508 g/mol. The van der Waals surface area contributed by atoms with Crippen LogP contribution in [-0.4, -0.2) is 23.4 Å².